The second-order valence-corrected chi connectivity index (χ2v) is 6.34. The van der Waals surface area contributed by atoms with Gasteiger partial charge in [0.25, 0.3) is 11.8 Å². The molecule has 7 heteroatoms. The Morgan fingerprint density at radius 3 is 2.60 bits per heavy atom. The Morgan fingerprint density at radius 1 is 1.35 bits per heavy atom. The standard InChI is InChI=1S/C13H12BrClN2O3/c1-13(2)12(20)16-10(18)6-17(13)11(19)7-3-8(14)5-9(15)4-7/h3-5H,6H2,1-2H3,(H,16,18,20). The largest absolute Gasteiger partial charge is 0.315 e. The lowest BCUT2D eigenvalue weighted by Gasteiger charge is -2.40. The first-order chi connectivity index (χ1) is 9.21. The molecule has 0 unspecified atom stereocenters. The van der Waals surface area contributed by atoms with Crippen LogP contribution in [0.3, 0.4) is 0 Å². The van der Waals surface area contributed by atoms with E-state index in [1.165, 1.54) is 11.0 Å². The van der Waals surface area contributed by atoms with Crippen LogP contribution in [0.2, 0.25) is 5.02 Å². The highest BCUT2D eigenvalue weighted by molar-refractivity contribution is 9.10. The van der Waals surface area contributed by atoms with Crippen molar-refractivity contribution in [1.29, 1.82) is 0 Å². The van der Waals surface area contributed by atoms with Crippen LogP contribution in [0.5, 0.6) is 0 Å². The lowest BCUT2D eigenvalue weighted by Crippen LogP contribution is -2.65. The lowest BCUT2D eigenvalue weighted by atomic mass is 9.97. The molecule has 0 bridgehead atoms. The Bertz CT molecular complexity index is 595. The van der Waals surface area contributed by atoms with Gasteiger partial charge in [-0.25, -0.2) is 0 Å². The van der Waals surface area contributed by atoms with Crippen LogP contribution in [-0.2, 0) is 9.59 Å². The molecule has 1 aliphatic heterocycles. The molecule has 1 saturated heterocycles. The first-order valence-electron chi connectivity index (χ1n) is 5.84. The number of amides is 3. The molecule has 1 aliphatic rings. The van der Waals surface area contributed by atoms with Gasteiger partial charge in [0.2, 0.25) is 5.91 Å². The normalized spacial score (nSPS) is 17.9. The second kappa shape index (κ2) is 5.18. The van der Waals surface area contributed by atoms with E-state index >= 15 is 0 Å². The topological polar surface area (TPSA) is 66.5 Å². The minimum Gasteiger partial charge on any atom is -0.315 e. The average Bonchev–Trinajstić information content (AvgIpc) is 2.32. The van der Waals surface area contributed by atoms with Gasteiger partial charge < -0.3 is 4.90 Å². The van der Waals surface area contributed by atoms with Crippen molar-refractivity contribution in [2.75, 3.05) is 6.54 Å². The van der Waals surface area contributed by atoms with Crippen molar-refractivity contribution in [3.8, 4) is 0 Å². The first-order valence-corrected chi connectivity index (χ1v) is 7.01. The summed E-state index contributed by atoms with van der Waals surface area (Å²) in [6, 6.07) is 4.75. The number of benzene rings is 1. The van der Waals surface area contributed by atoms with Crippen LogP contribution in [0.1, 0.15) is 24.2 Å². The van der Waals surface area contributed by atoms with Crippen LogP contribution in [0.25, 0.3) is 0 Å². The molecular formula is C13H12BrClN2O3. The van der Waals surface area contributed by atoms with Gasteiger partial charge in [0.05, 0.1) is 0 Å². The van der Waals surface area contributed by atoms with E-state index in [2.05, 4.69) is 21.2 Å². The van der Waals surface area contributed by atoms with E-state index in [4.69, 9.17) is 11.6 Å². The van der Waals surface area contributed by atoms with Gasteiger partial charge in [-0.15, -0.1) is 0 Å². The van der Waals surface area contributed by atoms with Crippen LogP contribution >= 0.6 is 27.5 Å². The Kier molecular flexibility index (Phi) is 3.88. The van der Waals surface area contributed by atoms with Gasteiger partial charge >= 0.3 is 0 Å². The number of carbonyl (C=O) groups excluding carboxylic acids is 3. The van der Waals surface area contributed by atoms with Gasteiger partial charge in [-0.3, -0.25) is 19.7 Å². The van der Waals surface area contributed by atoms with Gasteiger partial charge in [0.1, 0.15) is 12.1 Å². The predicted molar refractivity (Wildman–Crippen MR) is 77.4 cm³/mol. The number of rotatable bonds is 1. The van der Waals surface area contributed by atoms with Gasteiger partial charge in [-0.1, -0.05) is 27.5 Å². The zero-order chi connectivity index (χ0) is 15.1. The molecule has 1 aromatic rings. The fourth-order valence-corrected chi connectivity index (χ4v) is 2.80. The first kappa shape index (κ1) is 15.0. The van der Waals surface area contributed by atoms with Crippen molar-refractivity contribution in [3.63, 3.8) is 0 Å². The third-order valence-corrected chi connectivity index (χ3v) is 3.82. The van der Waals surface area contributed by atoms with Gasteiger partial charge in [0, 0.05) is 15.1 Å². The number of carbonyl (C=O) groups is 3. The summed E-state index contributed by atoms with van der Waals surface area (Å²) in [6.45, 7) is 3.01. The van der Waals surface area contributed by atoms with Crippen LogP contribution < -0.4 is 5.32 Å². The molecule has 5 nitrogen and oxygen atoms in total. The van der Waals surface area contributed by atoms with Crippen molar-refractivity contribution in [1.82, 2.24) is 10.2 Å². The second-order valence-electron chi connectivity index (χ2n) is 4.99. The molecule has 0 radical (unpaired) electrons. The SMILES string of the molecule is CC1(C)C(=O)NC(=O)CN1C(=O)c1cc(Cl)cc(Br)c1. The van der Waals surface area contributed by atoms with Crippen molar-refractivity contribution < 1.29 is 14.4 Å². The molecule has 0 atom stereocenters. The highest BCUT2D eigenvalue weighted by Crippen LogP contribution is 2.25. The predicted octanol–water partition coefficient (Wildman–Crippen LogP) is 1.98. The average molecular weight is 360 g/mol. The molecule has 1 heterocycles. The fourth-order valence-electron chi connectivity index (χ4n) is 1.94. The lowest BCUT2D eigenvalue weighted by molar-refractivity contribution is -0.143. The van der Waals surface area contributed by atoms with Gasteiger partial charge in [0.15, 0.2) is 0 Å². The summed E-state index contributed by atoms with van der Waals surface area (Å²) in [5, 5.41) is 2.62. The summed E-state index contributed by atoms with van der Waals surface area (Å²) in [6.07, 6.45) is 0. The third-order valence-electron chi connectivity index (χ3n) is 3.14. The molecule has 3 amide bonds. The maximum atomic E-state index is 12.5. The Morgan fingerprint density at radius 2 is 2.00 bits per heavy atom. The summed E-state index contributed by atoms with van der Waals surface area (Å²) in [7, 11) is 0. The number of piperazine rings is 1. The monoisotopic (exact) mass is 358 g/mol. The van der Waals surface area contributed by atoms with E-state index < -0.39 is 23.3 Å². The zero-order valence-electron chi connectivity index (χ0n) is 10.9. The molecule has 1 N–H and O–H groups in total. The number of hydrogen-bond donors (Lipinski definition) is 1. The molecule has 2 rings (SSSR count). The van der Waals surface area contributed by atoms with E-state index in [9.17, 15) is 14.4 Å². The highest BCUT2D eigenvalue weighted by atomic mass is 79.9. The Hall–Kier alpha value is -1.40. The van der Waals surface area contributed by atoms with Crippen LogP contribution in [0.15, 0.2) is 22.7 Å². The van der Waals surface area contributed by atoms with Crippen LogP contribution in [0.4, 0.5) is 0 Å². The van der Waals surface area contributed by atoms with Gasteiger partial charge in [-0.05, 0) is 32.0 Å². The number of hydrogen-bond acceptors (Lipinski definition) is 3. The Labute approximate surface area is 129 Å². The van der Waals surface area contributed by atoms with Crippen molar-refractivity contribution in [3.05, 3.63) is 33.3 Å². The van der Waals surface area contributed by atoms with E-state index in [1.54, 1.807) is 26.0 Å². The summed E-state index contributed by atoms with van der Waals surface area (Å²) < 4.78 is 0.652. The summed E-state index contributed by atoms with van der Waals surface area (Å²) >= 11 is 9.17. The number of halogens is 2. The number of imide groups is 1. The molecule has 0 saturated carbocycles. The van der Waals surface area contributed by atoms with Crippen LogP contribution in [-0.4, -0.2) is 34.7 Å². The summed E-state index contributed by atoms with van der Waals surface area (Å²) in [5.74, 6) is -1.41. The number of nitrogens with zero attached hydrogens (tertiary/aromatic N) is 1. The molecular weight excluding hydrogens is 348 g/mol. The van der Waals surface area contributed by atoms with E-state index in [-0.39, 0.29) is 6.54 Å². The highest BCUT2D eigenvalue weighted by Gasteiger charge is 2.43. The van der Waals surface area contributed by atoms with Crippen molar-refractivity contribution in [2.45, 2.75) is 19.4 Å². The van der Waals surface area contributed by atoms with Crippen LogP contribution in [0, 0.1) is 0 Å². The molecule has 1 aromatic carbocycles. The minimum absolute atomic E-state index is 0.165. The molecule has 1 fully saturated rings. The van der Waals surface area contributed by atoms with E-state index in [0.29, 0.717) is 15.1 Å². The van der Waals surface area contributed by atoms with Crippen molar-refractivity contribution >= 4 is 45.3 Å². The van der Waals surface area contributed by atoms with Crippen molar-refractivity contribution in [2.24, 2.45) is 0 Å². The molecule has 0 aliphatic carbocycles. The molecule has 20 heavy (non-hydrogen) atoms. The molecule has 0 spiro atoms. The van der Waals surface area contributed by atoms with E-state index in [1.807, 2.05) is 0 Å². The minimum atomic E-state index is -1.10. The molecule has 106 valence electrons. The van der Waals surface area contributed by atoms with E-state index in [0.717, 1.165) is 0 Å². The third kappa shape index (κ3) is 2.71. The Balaban J connectivity index is 2.40. The quantitative estimate of drug-likeness (QED) is 0.780. The summed E-state index contributed by atoms with van der Waals surface area (Å²) in [5.41, 5.74) is -0.778. The smallest absolute Gasteiger partial charge is 0.255 e. The zero-order valence-corrected chi connectivity index (χ0v) is 13.2. The van der Waals surface area contributed by atoms with Gasteiger partial charge in [-0.2, -0.15) is 0 Å². The number of nitrogens with one attached hydrogen (secondary N) is 1. The maximum Gasteiger partial charge on any atom is 0.255 e. The fraction of sp³-hybridized carbons (Fsp3) is 0.308. The maximum absolute atomic E-state index is 12.5. The molecule has 0 aromatic heterocycles. The summed E-state index contributed by atoms with van der Waals surface area (Å²) in [4.78, 5) is 37.1.